The van der Waals surface area contributed by atoms with Gasteiger partial charge in [-0.05, 0) is 24.3 Å². The molecule has 3 heterocycles. The van der Waals surface area contributed by atoms with Crippen molar-refractivity contribution in [2.45, 2.75) is 18.9 Å². The molecular formula is C27H29N5O4. The first-order chi connectivity index (χ1) is 17.7. The van der Waals surface area contributed by atoms with Crippen molar-refractivity contribution >= 4 is 22.6 Å². The van der Waals surface area contributed by atoms with E-state index in [9.17, 15) is 4.79 Å². The molecule has 2 saturated heterocycles. The average Bonchev–Trinajstić information content (AvgIpc) is 2.94. The molecule has 0 saturated carbocycles. The maximum atomic E-state index is 12.8. The highest BCUT2D eigenvalue weighted by atomic mass is 16.5. The lowest BCUT2D eigenvalue weighted by Gasteiger charge is -2.37. The SMILES string of the molecule is C#Cc1cccc(NCOc2cc3ncncc3cc2OC2CCN(C(=O)N3CCOCC3)CC2)c1. The van der Waals surface area contributed by atoms with Crippen molar-refractivity contribution in [3.63, 3.8) is 0 Å². The van der Waals surface area contributed by atoms with Crippen LogP contribution in [-0.2, 0) is 4.74 Å². The Bertz CT molecular complexity index is 1250. The van der Waals surface area contributed by atoms with Crippen LogP contribution in [0.15, 0.2) is 48.9 Å². The van der Waals surface area contributed by atoms with E-state index in [1.165, 1.54) is 6.33 Å². The number of nitrogens with one attached hydrogen (secondary N) is 1. The Balaban J connectivity index is 1.24. The summed E-state index contributed by atoms with van der Waals surface area (Å²) in [5, 5.41) is 4.10. The van der Waals surface area contributed by atoms with Gasteiger partial charge in [-0.3, -0.25) is 0 Å². The molecule has 9 nitrogen and oxygen atoms in total. The fourth-order valence-electron chi connectivity index (χ4n) is 4.41. The van der Waals surface area contributed by atoms with E-state index in [0.717, 1.165) is 35.0 Å². The van der Waals surface area contributed by atoms with E-state index in [1.54, 1.807) is 6.20 Å². The monoisotopic (exact) mass is 487 g/mol. The number of terminal acetylenes is 1. The third kappa shape index (κ3) is 5.61. The van der Waals surface area contributed by atoms with Crippen LogP contribution in [0.5, 0.6) is 11.5 Å². The smallest absolute Gasteiger partial charge is 0.320 e. The summed E-state index contributed by atoms with van der Waals surface area (Å²) in [4.78, 5) is 25.0. The van der Waals surface area contributed by atoms with Gasteiger partial charge >= 0.3 is 6.03 Å². The van der Waals surface area contributed by atoms with Gasteiger partial charge in [0, 0.05) is 67.9 Å². The minimum atomic E-state index is -0.0246. The zero-order valence-corrected chi connectivity index (χ0v) is 20.1. The second-order valence-electron chi connectivity index (χ2n) is 8.76. The minimum Gasteiger partial charge on any atom is -0.486 e. The molecule has 9 heteroatoms. The number of ether oxygens (including phenoxy) is 3. The molecule has 0 spiro atoms. The molecule has 2 aliphatic rings. The summed E-state index contributed by atoms with van der Waals surface area (Å²) in [6.45, 7) is 4.04. The van der Waals surface area contributed by atoms with Gasteiger partial charge in [0.1, 0.15) is 12.4 Å². The highest BCUT2D eigenvalue weighted by Gasteiger charge is 2.28. The van der Waals surface area contributed by atoms with Gasteiger partial charge in [0.2, 0.25) is 0 Å². The summed E-state index contributed by atoms with van der Waals surface area (Å²) in [5.74, 6) is 3.86. The van der Waals surface area contributed by atoms with Gasteiger partial charge in [-0.25, -0.2) is 14.8 Å². The van der Waals surface area contributed by atoms with Crippen LogP contribution >= 0.6 is 0 Å². The lowest BCUT2D eigenvalue weighted by molar-refractivity contribution is 0.0358. The van der Waals surface area contributed by atoms with Crippen molar-refractivity contribution in [3.8, 4) is 23.8 Å². The number of nitrogens with zero attached hydrogens (tertiary/aromatic N) is 4. The Hall–Kier alpha value is -4.03. The third-order valence-corrected chi connectivity index (χ3v) is 6.39. The predicted molar refractivity (Wildman–Crippen MR) is 136 cm³/mol. The van der Waals surface area contributed by atoms with Gasteiger partial charge < -0.3 is 29.3 Å². The van der Waals surface area contributed by atoms with Gasteiger partial charge in [0.05, 0.1) is 18.7 Å². The number of benzene rings is 2. The molecule has 0 unspecified atom stereocenters. The number of amides is 2. The molecule has 36 heavy (non-hydrogen) atoms. The Kier molecular flexibility index (Phi) is 7.33. The van der Waals surface area contributed by atoms with E-state index in [-0.39, 0.29) is 18.9 Å². The first kappa shape index (κ1) is 23.7. The van der Waals surface area contributed by atoms with Gasteiger partial charge in [-0.15, -0.1) is 6.42 Å². The van der Waals surface area contributed by atoms with Crippen LogP contribution < -0.4 is 14.8 Å². The number of carbonyl (C=O) groups excluding carboxylic acids is 1. The quantitative estimate of drug-likeness (QED) is 0.421. The number of anilines is 1. The second kappa shape index (κ2) is 11.1. The highest BCUT2D eigenvalue weighted by molar-refractivity contribution is 5.81. The molecule has 186 valence electrons. The molecular weight excluding hydrogens is 458 g/mol. The zero-order valence-electron chi connectivity index (χ0n) is 20.1. The molecule has 5 rings (SSSR count). The van der Waals surface area contributed by atoms with Gasteiger partial charge in [0.15, 0.2) is 18.2 Å². The van der Waals surface area contributed by atoms with Crippen molar-refractivity contribution < 1.29 is 19.0 Å². The van der Waals surface area contributed by atoms with E-state index >= 15 is 0 Å². The van der Waals surface area contributed by atoms with Crippen molar-refractivity contribution in [2.75, 3.05) is 51.4 Å². The number of likely N-dealkylation sites (tertiary alicyclic amines) is 1. The Labute approximate surface area is 210 Å². The van der Waals surface area contributed by atoms with Gasteiger partial charge in [0.25, 0.3) is 0 Å². The van der Waals surface area contributed by atoms with E-state index in [4.69, 9.17) is 20.6 Å². The maximum Gasteiger partial charge on any atom is 0.320 e. The maximum absolute atomic E-state index is 12.8. The molecule has 0 radical (unpaired) electrons. The molecule has 0 atom stereocenters. The number of urea groups is 1. The Morgan fingerprint density at radius 3 is 2.72 bits per heavy atom. The molecule has 2 aliphatic heterocycles. The van der Waals surface area contributed by atoms with E-state index in [1.807, 2.05) is 46.2 Å². The average molecular weight is 488 g/mol. The molecule has 2 aromatic carbocycles. The molecule has 0 aliphatic carbocycles. The van der Waals surface area contributed by atoms with Crippen LogP contribution in [0.3, 0.4) is 0 Å². The predicted octanol–water partition coefficient (Wildman–Crippen LogP) is 3.35. The molecule has 2 fully saturated rings. The summed E-state index contributed by atoms with van der Waals surface area (Å²) >= 11 is 0. The Morgan fingerprint density at radius 1 is 1.11 bits per heavy atom. The topological polar surface area (TPSA) is 89.0 Å². The number of aromatic nitrogens is 2. The molecule has 3 aromatic rings. The first-order valence-corrected chi connectivity index (χ1v) is 12.1. The zero-order chi connectivity index (χ0) is 24.7. The van der Waals surface area contributed by atoms with Gasteiger partial charge in [-0.2, -0.15) is 0 Å². The van der Waals surface area contributed by atoms with Crippen molar-refractivity contribution in [1.29, 1.82) is 0 Å². The fraction of sp³-hybridized carbons (Fsp3) is 0.370. The molecule has 2 amide bonds. The van der Waals surface area contributed by atoms with Crippen LogP contribution in [0.1, 0.15) is 18.4 Å². The number of rotatable bonds is 6. The second-order valence-corrected chi connectivity index (χ2v) is 8.76. The lowest BCUT2D eigenvalue weighted by Crippen LogP contribution is -2.51. The first-order valence-electron chi connectivity index (χ1n) is 12.1. The number of carbonyl (C=O) groups is 1. The standard InChI is InChI=1S/C27H29N5O4/c1-2-20-4-3-5-22(14-20)30-19-35-25-16-24-21(17-28-18-29-24)15-26(25)36-23-6-8-31(9-7-23)27(33)32-10-12-34-13-11-32/h1,3-5,14-18,23,30H,6-13,19H2. The third-order valence-electron chi connectivity index (χ3n) is 6.39. The fourth-order valence-corrected chi connectivity index (χ4v) is 4.41. The van der Waals surface area contributed by atoms with Crippen molar-refractivity contribution in [1.82, 2.24) is 19.8 Å². The van der Waals surface area contributed by atoms with Gasteiger partial charge in [-0.1, -0.05) is 12.0 Å². The van der Waals surface area contributed by atoms with Crippen LogP contribution in [0.4, 0.5) is 10.5 Å². The number of hydrogen-bond donors (Lipinski definition) is 1. The van der Waals surface area contributed by atoms with Crippen LogP contribution in [-0.4, -0.2) is 78.0 Å². The summed E-state index contributed by atoms with van der Waals surface area (Å²) in [6, 6.07) is 11.5. The lowest BCUT2D eigenvalue weighted by atomic mass is 10.1. The molecule has 1 aromatic heterocycles. The van der Waals surface area contributed by atoms with E-state index in [2.05, 4.69) is 21.2 Å². The number of hydrogen-bond acceptors (Lipinski definition) is 7. The summed E-state index contributed by atoms with van der Waals surface area (Å²) < 4.78 is 17.8. The van der Waals surface area contributed by atoms with Crippen LogP contribution in [0, 0.1) is 12.3 Å². The summed E-state index contributed by atoms with van der Waals surface area (Å²) in [7, 11) is 0. The number of morpholine rings is 1. The minimum absolute atomic E-state index is 0.0246. The van der Waals surface area contributed by atoms with Crippen molar-refractivity contribution in [3.05, 3.63) is 54.5 Å². The highest BCUT2D eigenvalue weighted by Crippen LogP contribution is 2.34. The number of piperidine rings is 1. The van der Waals surface area contributed by atoms with E-state index in [0.29, 0.717) is 50.9 Å². The number of fused-ring (bicyclic) bond motifs is 1. The summed E-state index contributed by atoms with van der Waals surface area (Å²) in [5.41, 5.74) is 2.44. The van der Waals surface area contributed by atoms with Crippen LogP contribution in [0.25, 0.3) is 10.9 Å². The van der Waals surface area contributed by atoms with Crippen molar-refractivity contribution in [2.24, 2.45) is 0 Å². The normalized spacial score (nSPS) is 16.4. The van der Waals surface area contributed by atoms with Crippen LogP contribution in [0.2, 0.25) is 0 Å². The Morgan fingerprint density at radius 2 is 1.92 bits per heavy atom. The van der Waals surface area contributed by atoms with E-state index < -0.39 is 0 Å². The molecule has 0 bridgehead atoms. The summed E-state index contributed by atoms with van der Waals surface area (Å²) in [6.07, 6.45) is 10.2. The largest absolute Gasteiger partial charge is 0.486 e. The molecule has 1 N–H and O–H groups in total.